The van der Waals surface area contributed by atoms with E-state index in [9.17, 15) is 19.1 Å². The summed E-state index contributed by atoms with van der Waals surface area (Å²) >= 11 is 0. The van der Waals surface area contributed by atoms with Crippen LogP contribution in [-0.4, -0.2) is 30.8 Å². The first-order valence-corrected chi connectivity index (χ1v) is 7.58. The van der Waals surface area contributed by atoms with Crippen LogP contribution in [0.2, 0.25) is 0 Å². The van der Waals surface area contributed by atoms with E-state index in [1.807, 2.05) is 0 Å². The number of nitrogens with one attached hydrogen (secondary N) is 1. The molecule has 0 atom stereocenters. The Balaban J connectivity index is 1.89. The topological polar surface area (TPSA) is 100 Å². The molecule has 136 valence electrons. The Morgan fingerprint density at radius 2 is 1.73 bits per heavy atom. The highest BCUT2D eigenvalue weighted by molar-refractivity contribution is 5.99. The highest BCUT2D eigenvalue weighted by atomic mass is 19.1. The van der Waals surface area contributed by atoms with Gasteiger partial charge in [-0.2, -0.15) is 5.10 Å². The third-order valence-corrected chi connectivity index (χ3v) is 3.12. The summed E-state index contributed by atoms with van der Waals surface area (Å²) < 4.78 is 23.2. The van der Waals surface area contributed by atoms with E-state index in [0.717, 1.165) is 0 Å². The molecule has 0 aliphatic carbocycles. The number of amides is 1. The first kappa shape index (κ1) is 18.9. The fourth-order valence-electron chi connectivity index (χ4n) is 1.90. The molecule has 0 spiro atoms. The van der Waals surface area contributed by atoms with Gasteiger partial charge in [0, 0.05) is 11.6 Å². The number of hydrogen-bond donors (Lipinski definition) is 1. The molecule has 0 aliphatic rings. The van der Waals surface area contributed by atoms with Crippen LogP contribution in [0.4, 0.5) is 4.39 Å². The van der Waals surface area contributed by atoms with Crippen molar-refractivity contribution in [3.05, 3.63) is 59.9 Å². The van der Waals surface area contributed by atoms with E-state index in [0.29, 0.717) is 17.0 Å². The van der Waals surface area contributed by atoms with Gasteiger partial charge in [0.15, 0.2) is 6.61 Å². The molecule has 2 aromatic rings. The first-order valence-electron chi connectivity index (χ1n) is 7.58. The Hall–Kier alpha value is -3.42. The molecule has 0 aromatic heterocycles. The highest BCUT2D eigenvalue weighted by Crippen LogP contribution is 2.14. The van der Waals surface area contributed by atoms with Crippen molar-refractivity contribution in [2.45, 2.75) is 6.92 Å². The highest BCUT2D eigenvalue weighted by Gasteiger charge is 2.05. The number of hydrazone groups is 1. The van der Waals surface area contributed by atoms with E-state index >= 15 is 0 Å². The average molecular weight is 359 g/mol. The van der Waals surface area contributed by atoms with E-state index < -0.39 is 24.3 Å². The second-order valence-corrected chi connectivity index (χ2v) is 5.17. The molecule has 8 heteroatoms. The summed E-state index contributed by atoms with van der Waals surface area (Å²) in [5.41, 5.74) is 3.43. The van der Waals surface area contributed by atoms with Crippen LogP contribution in [0.3, 0.4) is 0 Å². The molecule has 1 N–H and O–H groups in total. The van der Waals surface area contributed by atoms with E-state index in [-0.39, 0.29) is 12.4 Å². The summed E-state index contributed by atoms with van der Waals surface area (Å²) in [7, 11) is 0. The lowest BCUT2D eigenvalue weighted by molar-refractivity contribution is -0.307. The second-order valence-electron chi connectivity index (χ2n) is 5.17. The number of carbonyl (C=O) groups is 2. The zero-order chi connectivity index (χ0) is 18.9. The number of hydrogen-bond acceptors (Lipinski definition) is 6. The Kier molecular flexibility index (Phi) is 6.67. The van der Waals surface area contributed by atoms with E-state index in [4.69, 9.17) is 9.47 Å². The molecular formula is C18H16FN2O5-. The zero-order valence-electron chi connectivity index (χ0n) is 13.9. The minimum absolute atomic E-state index is 0.235. The smallest absolute Gasteiger partial charge is 0.277 e. The Morgan fingerprint density at radius 1 is 1.08 bits per heavy atom. The number of benzene rings is 2. The SMILES string of the molecule is C/C(=N/NC(=O)COc1cccc(F)c1)c1cccc(OCC(=O)[O-])c1. The third kappa shape index (κ3) is 6.23. The maximum Gasteiger partial charge on any atom is 0.277 e. The lowest BCUT2D eigenvalue weighted by Crippen LogP contribution is -2.29. The van der Waals surface area contributed by atoms with Gasteiger partial charge >= 0.3 is 0 Å². The van der Waals surface area contributed by atoms with Crippen molar-refractivity contribution >= 4 is 17.6 Å². The average Bonchev–Trinajstić information content (AvgIpc) is 2.63. The zero-order valence-corrected chi connectivity index (χ0v) is 13.9. The number of carbonyl (C=O) groups excluding carboxylic acids is 2. The third-order valence-electron chi connectivity index (χ3n) is 3.12. The number of rotatable bonds is 8. The summed E-state index contributed by atoms with van der Waals surface area (Å²) in [6.45, 7) is 0.772. The molecule has 2 rings (SSSR count). The van der Waals surface area contributed by atoms with Gasteiger partial charge in [-0.25, -0.2) is 9.82 Å². The molecule has 0 radical (unpaired) electrons. The first-order chi connectivity index (χ1) is 12.4. The minimum Gasteiger partial charge on any atom is -0.546 e. The standard InChI is InChI=1S/C18H17FN2O5/c1-12(13-4-2-6-15(8-13)26-11-18(23)24)20-21-17(22)10-25-16-7-3-5-14(19)9-16/h2-9H,10-11H2,1H3,(H,21,22)(H,23,24)/p-1/b20-12-. The molecule has 0 aliphatic heterocycles. The quantitative estimate of drug-likeness (QED) is 0.557. The fraction of sp³-hybridized carbons (Fsp3) is 0.167. The van der Waals surface area contributed by atoms with Crippen molar-refractivity contribution in [3.63, 3.8) is 0 Å². The molecule has 0 unspecified atom stereocenters. The number of nitrogens with zero attached hydrogens (tertiary/aromatic N) is 1. The maximum atomic E-state index is 13.0. The van der Waals surface area contributed by atoms with Gasteiger partial charge in [-0.3, -0.25) is 4.79 Å². The number of halogens is 1. The van der Waals surface area contributed by atoms with Gasteiger partial charge in [0.2, 0.25) is 0 Å². The van der Waals surface area contributed by atoms with Crippen molar-refractivity contribution in [2.24, 2.45) is 5.10 Å². The summed E-state index contributed by atoms with van der Waals surface area (Å²) in [5, 5.41) is 14.4. The van der Waals surface area contributed by atoms with Gasteiger partial charge in [-0.1, -0.05) is 18.2 Å². The van der Waals surface area contributed by atoms with Crippen LogP contribution in [-0.2, 0) is 9.59 Å². The molecule has 0 bridgehead atoms. The molecule has 26 heavy (non-hydrogen) atoms. The predicted octanol–water partition coefficient (Wildman–Crippen LogP) is 0.874. The van der Waals surface area contributed by atoms with Crippen LogP contribution in [0.15, 0.2) is 53.6 Å². The summed E-state index contributed by atoms with van der Waals surface area (Å²) in [6.07, 6.45) is 0. The van der Waals surface area contributed by atoms with Gasteiger partial charge < -0.3 is 19.4 Å². The predicted molar refractivity (Wildman–Crippen MR) is 89.2 cm³/mol. The van der Waals surface area contributed by atoms with Gasteiger partial charge in [-0.05, 0) is 31.2 Å². The molecule has 0 saturated carbocycles. The van der Waals surface area contributed by atoms with Crippen LogP contribution in [0.5, 0.6) is 11.5 Å². The lowest BCUT2D eigenvalue weighted by atomic mass is 10.1. The summed E-state index contributed by atoms with van der Waals surface area (Å²) in [4.78, 5) is 22.2. The van der Waals surface area contributed by atoms with E-state index in [1.165, 1.54) is 24.3 Å². The van der Waals surface area contributed by atoms with Crippen LogP contribution in [0.25, 0.3) is 0 Å². The van der Waals surface area contributed by atoms with Gasteiger partial charge in [0.1, 0.15) is 23.9 Å². The molecule has 0 fully saturated rings. The van der Waals surface area contributed by atoms with Gasteiger partial charge in [-0.15, -0.1) is 0 Å². The summed E-state index contributed by atoms with van der Waals surface area (Å²) in [5.74, 6) is -1.73. The number of aliphatic carboxylic acids is 1. The second kappa shape index (κ2) is 9.16. The van der Waals surface area contributed by atoms with Gasteiger partial charge in [0.25, 0.3) is 5.91 Å². The molecule has 7 nitrogen and oxygen atoms in total. The van der Waals surface area contributed by atoms with Gasteiger partial charge in [0.05, 0.1) is 11.7 Å². The normalized spacial score (nSPS) is 10.9. The van der Waals surface area contributed by atoms with Crippen LogP contribution in [0, 0.1) is 5.82 Å². The Bertz CT molecular complexity index is 823. The molecule has 0 saturated heterocycles. The van der Waals surface area contributed by atoms with Crippen LogP contribution in [0.1, 0.15) is 12.5 Å². The minimum atomic E-state index is -1.33. The van der Waals surface area contributed by atoms with Crippen molar-refractivity contribution in [2.75, 3.05) is 13.2 Å². The number of ether oxygens (including phenoxy) is 2. The monoisotopic (exact) mass is 359 g/mol. The lowest BCUT2D eigenvalue weighted by Gasteiger charge is -2.09. The Labute approximate surface area is 149 Å². The number of carboxylic acid groups (broad SMARTS) is 1. The Morgan fingerprint density at radius 3 is 2.42 bits per heavy atom. The molecule has 0 heterocycles. The van der Waals surface area contributed by atoms with E-state index in [2.05, 4.69) is 10.5 Å². The van der Waals surface area contributed by atoms with Crippen molar-refractivity contribution in [1.29, 1.82) is 0 Å². The summed E-state index contributed by atoms with van der Waals surface area (Å²) in [6, 6.07) is 12.0. The molecule has 2 aromatic carbocycles. The van der Waals surface area contributed by atoms with Crippen molar-refractivity contribution in [3.8, 4) is 11.5 Å². The van der Waals surface area contributed by atoms with Crippen molar-refractivity contribution < 1.29 is 28.6 Å². The fourth-order valence-corrected chi connectivity index (χ4v) is 1.90. The van der Waals surface area contributed by atoms with Crippen LogP contribution < -0.4 is 20.0 Å². The largest absolute Gasteiger partial charge is 0.546 e. The number of carboxylic acids is 1. The van der Waals surface area contributed by atoms with E-state index in [1.54, 1.807) is 31.2 Å². The van der Waals surface area contributed by atoms with Crippen molar-refractivity contribution in [1.82, 2.24) is 5.43 Å². The van der Waals surface area contributed by atoms with Crippen LogP contribution >= 0.6 is 0 Å². The molecule has 1 amide bonds. The molecular weight excluding hydrogens is 343 g/mol. The maximum absolute atomic E-state index is 13.0.